The number of aromatic nitrogens is 1. The minimum absolute atomic E-state index is 0.0646. The van der Waals surface area contributed by atoms with Crippen LogP contribution in [0.5, 0.6) is 11.5 Å². The zero-order valence-corrected chi connectivity index (χ0v) is 14.2. The van der Waals surface area contributed by atoms with Crippen LogP contribution in [0.1, 0.15) is 28.8 Å². The Morgan fingerprint density at radius 3 is 2.72 bits per heavy atom. The first-order valence-electron chi connectivity index (χ1n) is 8.57. The van der Waals surface area contributed by atoms with Gasteiger partial charge < -0.3 is 19.7 Å². The summed E-state index contributed by atoms with van der Waals surface area (Å²) >= 11 is 0. The van der Waals surface area contributed by atoms with Gasteiger partial charge in [-0.25, -0.2) is 4.98 Å². The van der Waals surface area contributed by atoms with Crippen LogP contribution in [0.2, 0.25) is 0 Å². The highest BCUT2D eigenvalue weighted by atomic mass is 16.7. The molecule has 1 aromatic heterocycles. The maximum Gasteiger partial charge on any atom is 0.251 e. The Balaban J connectivity index is 1.34. The number of carbonyl (C=O) groups is 1. The maximum absolute atomic E-state index is 12.5. The second-order valence-corrected chi connectivity index (χ2v) is 6.50. The Labute approximate surface area is 146 Å². The molecule has 1 N–H and O–H groups in total. The fourth-order valence-corrected chi connectivity index (χ4v) is 3.21. The number of nitrogens with one attached hydrogen (secondary N) is 1. The molecule has 0 aliphatic carbocycles. The van der Waals surface area contributed by atoms with Crippen molar-refractivity contribution in [3.63, 3.8) is 0 Å². The van der Waals surface area contributed by atoms with Gasteiger partial charge in [0.1, 0.15) is 5.82 Å². The van der Waals surface area contributed by atoms with Gasteiger partial charge in [0.05, 0.1) is 0 Å². The van der Waals surface area contributed by atoms with Crippen LogP contribution in [0.4, 0.5) is 5.82 Å². The Hall–Kier alpha value is -2.76. The van der Waals surface area contributed by atoms with Crippen LogP contribution in [-0.2, 0) is 0 Å². The number of hydrogen-bond acceptors (Lipinski definition) is 5. The quantitative estimate of drug-likeness (QED) is 0.931. The minimum atomic E-state index is -0.0646. The van der Waals surface area contributed by atoms with Crippen LogP contribution in [-0.4, -0.2) is 36.8 Å². The molecule has 4 rings (SSSR count). The summed E-state index contributed by atoms with van der Waals surface area (Å²) in [5.74, 6) is 2.26. The van der Waals surface area contributed by atoms with Crippen molar-refractivity contribution < 1.29 is 14.3 Å². The van der Waals surface area contributed by atoms with Gasteiger partial charge in [-0.1, -0.05) is 6.07 Å². The highest BCUT2D eigenvalue weighted by molar-refractivity contribution is 5.95. The second-order valence-electron chi connectivity index (χ2n) is 6.50. The molecule has 3 heterocycles. The van der Waals surface area contributed by atoms with Gasteiger partial charge in [0.15, 0.2) is 11.5 Å². The summed E-state index contributed by atoms with van der Waals surface area (Å²) in [6.07, 6.45) is 3.71. The highest BCUT2D eigenvalue weighted by Crippen LogP contribution is 2.32. The van der Waals surface area contributed by atoms with Gasteiger partial charge in [-0.2, -0.15) is 0 Å². The van der Waals surface area contributed by atoms with E-state index in [0.29, 0.717) is 17.1 Å². The standard InChI is InChI=1S/C19H21N3O3/c1-13-2-5-18(20-11-13)22-8-6-15(7-9-22)21-19(23)14-3-4-16-17(10-14)25-12-24-16/h2-5,10-11,15H,6-9,12H2,1H3,(H,21,23). The molecular formula is C19H21N3O3. The average molecular weight is 339 g/mol. The highest BCUT2D eigenvalue weighted by Gasteiger charge is 2.23. The molecule has 0 bridgehead atoms. The molecule has 0 atom stereocenters. The van der Waals surface area contributed by atoms with Crippen LogP contribution in [0.25, 0.3) is 0 Å². The van der Waals surface area contributed by atoms with E-state index in [9.17, 15) is 4.79 Å². The molecule has 6 nitrogen and oxygen atoms in total. The normalized spacial score (nSPS) is 16.8. The van der Waals surface area contributed by atoms with Crippen molar-refractivity contribution in [2.75, 3.05) is 24.8 Å². The number of aryl methyl sites for hydroxylation is 1. The number of benzene rings is 1. The van der Waals surface area contributed by atoms with Gasteiger partial charge in [0, 0.05) is 30.9 Å². The van der Waals surface area contributed by atoms with Crippen molar-refractivity contribution in [2.24, 2.45) is 0 Å². The molecule has 6 heteroatoms. The molecule has 0 saturated carbocycles. The van der Waals surface area contributed by atoms with Crippen molar-refractivity contribution in [1.82, 2.24) is 10.3 Å². The Bertz CT molecular complexity index is 768. The second kappa shape index (κ2) is 6.63. The molecule has 0 spiro atoms. The van der Waals surface area contributed by atoms with Gasteiger partial charge in [0.25, 0.3) is 5.91 Å². The van der Waals surface area contributed by atoms with Gasteiger partial charge in [0.2, 0.25) is 6.79 Å². The largest absolute Gasteiger partial charge is 0.454 e. The van der Waals surface area contributed by atoms with Crippen molar-refractivity contribution >= 4 is 11.7 Å². The van der Waals surface area contributed by atoms with E-state index < -0.39 is 0 Å². The molecule has 2 aliphatic heterocycles. The summed E-state index contributed by atoms with van der Waals surface area (Å²) in [6.45, 7) is 4.03. The minimum Gasteiger partial charge on any atom is -0.454 e. The summed E-state index contributed by atoms with van der Waals surface area (Å²) in [5.41, 5.74) is 1.77. The molecule has 0 radical (unpaired) electrons. The number of carbonyl (C=O) groups excluding carboxylic acids is 1. The van der Waals surface area contributed by atoms with E-state index in [2.05, 4.69) is 27.3 Å². The van der Waals surface area contributed by atoms with Gasteiger partial charge >= 0.3 is 0 Å². The van der Waals surface area contributed by atoms with E-state index in [-0.39, 0.29) is 18.7 Å². The van der Waals surface area contributed by atoms with Gasteiger partial charge in [-0.3, -0.25) is 4.79 Å². The lowest BCUT2D eigenvalue weighted by atomic mass is 10.0. The van der Waals surface area contributed by atoms with Crippen molar-refractivity contribution in [3.05, 3.63) is 47.7 Å². The lowest BCUT2D eigenvalue weighted by Crippen LogP contribution is -2.44. The zero-order chi connectivity index (χ0) is 17.2. The first-order valence-corrected chi connectivity index (χ1v) is 8.57. The van der Waals surface area contributed by atoms with Crippen molar-refractivity contribution in [1.29, 1.82) is 0 Å². The molecule has 2 aromatic rings. The zero-order valence-electron chi connectivity index (χ0n) is 14.2. The number of rotatable bonds is 3. The monoisotopic (exact) mass is 339 g/mol. The topological polar surface area (TPSA) is 63.7 Å². The number of nitrogens with zero attached hydrogens (tertiary/aromatic N) is 2. The van der Waals surface area contributed by atoms with Crippen molar-refractivity contribution in [2.45, 2.75) is 25.8 Å². The fourth-order valence-electron chi connectivity index (χ4n) is 3.21. The number of pyridine rings is 1. The van der Waals surface area contributed by atoms with Crippen LogP contribution in [0.3, 0.4) is 0 Å². The van der Waals surface area contributed by atoms with E-state index in [1.165, 1.54) is 0 Å². The SMILES string of the molecule is Cc1ccc(N2CCC(NC(=O)c3ccc4c(c3)OCO4)CC2)nc1. The fraction of sp³-hybridized carbons (Fsp3) is 0.368. The molecule has 130 valence electrons. The molecule has 2 aliphatic rings. The third-order valence-electron chi connectivity index (χ3n) is 4.68. The van der Waals surface area contributed by atoms with Crippen LogP contribution < -0.4 is 19.7 Å². The first-order chi connectivity index (χ1) is 12.2. The Morgan fingerprint density at radius 1 is 1.16 bits per heavy atom. The molecular weight excluding hydrogens is 318 g/mol. The molecule has 0 unspecified atom stereocenters. The summed E-state index contributed by atoms with van der Waals surface area (Å²) in [5, 5.41) is 3.13. The molecule has 25 heavy (non-hydrogen) atoms. The van der Waals surface area contributed by atoms with Crippen molar-refractivity contribution in [3.8, 4) is 11.5 Å². The summed E-state index contributed by atoms with van der Waals surface area (Å²) in [4.78, 5) is 19.2. The van der Waals surface area contributed by atoms with Crippen LogP contribution >= 0.6 is 0 Å². The molecule has 1 fully saturated rings. The van der Waals surface area contributed by atoms with Gasteiger partial charge in [-0.15, -0.1) is 0 Å². The third-order valence-corrected chi connectivity index (χ3v) is 4.68. The van der Waals surface area contributed by atoms with E-state index >= 15 is 0 Å². The summed E-state index contributed by atoms with van der Waals surface area (Å²) in [7, 11) is 0. The number of ether oxygens (including phenoxy) is 2. The van der Waals surface area contributed by atoms with E-state index in [0.717, 1.165) is 37.3 Å². The van der Waals surface area contributed by atoms with E-state index in [4.69, 9.17) is 9.47 Å². The lowest BCUT2D eigenvalue weighted by molar-refractivity contribution is 0.0930. The lowest BCUT2D eigenvalue weighted by Gasteiger charge is -2.33. The first kappa shape index (κ1) is 15.7. The number of fused-ring (bicyclic) bond motifs is 1. The number of anilines is 1. The third kappa shape index (κ3) is 3.38. The molecule has 1 amide bonds. The predicted octanol–water partition coefficient (Wildman–Crippen LogP) is 2.52. The Morgan fingerprint density at radius 2 is 1.96 bits per heavy atom. The molecule has 1 aromatic carbocycles. The maximum atomic E-state index is 12.5. The summed E-state index contributed by atoms with van der Waals surface area (Å²) in [6, 6.07) is 9.61. The predicted molar refractivity (Wildman–Crippen MR) is 94.2 cm³/mol. The van der Waals surface area contributed by atoms with Crippen LogP contribution in [0.15, 0.2) is 36.5 Å². The van der Waals surface area contributed by atoms with Crippen LogP contribution in [0, 0.1) is 6.92 Å². The number of piperidine rings is 1. The van der Waals surface area contributed by atoms with E-state index in [1.54, 1.807) is 18.2 Å². The van der Waals surface area contributed by atoms with Gasteiger partial charge in [-0.05, 0) is 49.6 Å². The average Bonchev–Trinajstić information content (AvgIpc) is 3.11. The summed E-state index contributed by atoms with van der Waals surface area (Å²) < 4.78 is 10.6. The van der Waals surface area contributed by atoms with E-state index in [1.807, 2.05) is 13.1 Å². The smallest absolute Gasteiger partial charge is 0.251 e. The Kier molecular flexibility index (Phi) is 4.17. The molecule has 1 saturated heterocycles. The number of hydrogen-bond donors (Lipinski definition) is 1. The number of amides is 1.